The quantitative estimate of drug-likeness (QED) is 0.351. The molecule has 0 aliphatic heterocycles. The summed E-state index contributed by atoms with van der Waals surface area (Å²) in [7, 11) is 0. The molecular weight excluding hydrogens is 523 g/mol. The molecule has 4 rings (SSSR count). The van der Waals surface area contributed by atoms with E-state index in [9.17, 15) is 22.8 Å². The van der Waals surface area contributed by atoms with Crippen LogP contribution in [0.25, 0.3) is 11.3 Å². The molecule has 7 nitrogen and oxygen atoms in total. The molecule has 40 heavy (non-hydrogen) atoms. The second-order valence-corrected chi connectivity index (χ2v) is 11.1. The van der Waals surface area contributed by atoms with Crippen LogP contribution in [-0.2, 0) is 33.3 Å². The number of nitrogens with zero attached hydrogens (tertiary/aromatic N) is 2. The van der Waals surface area contributed by atoms with Crippen molar-refractivity contribution in [1.82, 2.24) is 15.5 Å². The van der Waals surface area contributed by atoms with Gasteiger partial charge in [0.2, 0.25) is 0 Å². The largest absolute Gasteiger partial charge is 0.456 e. The number of nitrogens with one attached hydrogen (secondary N) is 1. The van der Waals surface area contributed by atoms with Crippen LogP contribution in [0.15, 0.2) is 60.7 Å². The van der Waals surface area contributed by atoms with Crippen molar-refractivity contribution < 1.29 is 32.2 Å². The van der Waals surface area contributed by atoms with Crippen molar-refractivity contribution in [1.29, 1.82) is 0 Å². The van der Waals surface area contributed by atoms with Crippen LogP contribution in [0.4, 0.5) is 18.0 Å². The summed E-state index contributed by atoms with van der Waals surface area (Å²) in [4.78, 5) is 26.1. The summed E-state index contributed by atoms with van der Waals surface area (Å²) in [5, 5.41) is 11.1. The lowest BCUT2D eigenvalue weighted by atomic mass is 9.85. The normalized spacial score (nSPS) is 17.9. The van der Waals surface area contributed by atoms with Crippen molar-refractivity contribution in [2.45, 2.75) is 70.9 Å². The Labute approximate surface area is 231 Å². The van der Waals surface area contributed by atoms with Crippen LogP contribution < -0.4 is 5.32 Å². The van der Waals surface area contributed by atoms with Crippen LogP contribution in [0.3, 0.4) is 0 Å². The molecule has 1 aromatic heterocycles. The number of rotatable bonds is 6. The second kappa shape index (κ2) is 11.7. The molecule has 0 bridgehead atoms. The van der Waals surface area contributed by atoms with E-state index < -0.39 is 41.5 Å². The number of alkyl halides is 3. The van der Waals surface area contributed by atoms with Gasteiger partial charge in [-0.15, -0.1) is 0 Å². The third-order valence-corrected chi connectivity index (χ3v) is 6.41. The number of hydrogen-bond donors (Lipinski definition) is 1. The number of fused-ring (bicyclic) bond motifs is 1. The maximum absolute atomic E-state index is 13.5. The number of ether oxygens (including phenoxy) is 2. The van der Waals surface area contributed by atoms with E-state index in [1.54, 1.807) is 26.8 Å². The van der Waals surface area contributed by atoms with Gasteiger partial charge in [-0.05, 0) is 63.3 Å². The Hall–Kier alpha value is -3.95. The smallest absolute Gasteiger partial charge is 0.416 e. The molecule has 0 saturated heterocycles. The van der Waals surface area contributed by atoms with Gasteiger partial charge in [0.05, 0.1) is 17.0 Å². The number of halogens is 3. The Morgan fingerprint density at radius 1 is 1.02 bits per heavy atom. The molecule has 0 saturated carbocycles. The molecule has 0 spiro atoms. The highest BCUT2D eigenvalue weighted by Crippen LogP contribution is 2.37. The van der Waals surface area contributed by atoms with Crippen molar-refractivity contribution in [3.8, 4) is 11.3 Å². The van der Waals surface area contributed by atoms with Crippen molar-refractivity contribution in [2.24, 2.45) is 5.92 Å². The van der Waals surface area contributed by atoms with E-state index in [-0.39, 0.29) is 23.6 Å². The van der Waals surface area contributed by atoms with Gasteiger partial charge < -0.3 is 14.8 Å². The molecule has 1 heterocycles. The summed E-state index contributed by atoms with van der Waals surface area (Å²) < 4.78 is 51.2. The fraction of sp³-hybridized carbons (Fsp3) is 0.400. The van der Waals surface area contributed by atoms with Gasteiger partial charge in [-0.1, -0.05) is 49.4 Å². The summed E-state index contributed by atoms with van der Waals surface area (Å²) in [5.74, 6) is -0.539. The minimum Gasteiger partial charge on any atom is -0.456 e. The van der Waals surface area contributed by atoms with Crippen LogP contribution in [0.5, 0.6) is 0 Å². The lowest BCUT2D eigenvalue weighted by molar-refractivity contribution is -0.153. The summed E-state index contributed by atoms with van der Waals surface area (Å²) >= 11 is 0. The lowest BCUT2D eigenvalue weighted by Gasteiger charge is -2.30. The van der Waals surface area contributed by atoms with Gasteiger partial charge >= 0.3 is 18.2 Å². The predicted molar refractivity (Wildman–Crippen MR) is 142 cm³/mol. The summed E-state index contributed by atoms with van der Waals surface area (Å²) in [5.41, 5.74) is 0.961. The molecule has 0 fully saturated rings. The van der Waals surface area contributed by atoms with Crippen molar-refractivity contribution in [3.05, 3.63) is 83.0 Å². The third kappa shape index (κ3) is 7.58. The lowest BCUT2D eigenvalue weighted by Crippen LogP contribution is -2.46. The average Bonchev–Trinajstić information content (AvgIpc) is 2.87. The average molecular weight is 556 g/mol. The number of alkyl carbamates (subject to hydrolysis) is 1. The van der Waals surface area contributed by atoms with Crippen LogP contribution in [0.1, 0.15) is 62.6 Å². The van der Waals surface area contributed by atoms with Crippen LogP contribution in [0.2, 0.25) is 0 Å². The first-order valence-corrected chi connectivity index (χ1v) is 13.1. The van der Waals surface area contributed by atoms with Gasteiger partial charge in [-0.3, -0.25) is 0 Å². The molecule has 0 radical (unpaired) electrons. The zero-order chi connectivity index (χ0) is 29.1. The molecule has 10 heteroatoms. The molecular formula is C30H32F3N3O4. The van der Waals surface area contributed by atoms with Gasteiger partial charge in [-0.25, -0.2) is 9.59 Å². The molecule has 3 atom stereocenters. The van der Waals surface area contributed by atoms with E-state index >= 15 is 0 Å². The van der Waals surface area contributed by atoms with E-state index in [2.05, 4.69) is 15.5 Å². The van der Waals surface area contributed by atoms with Crippen LogP contribution in [0, 0.1) is 5.92 Å². The number of hydrogen-bond acceptors (Lipinski definition) is 6. The molecule has 1 amide bonds. The van der Waals surface area contributed by atoms with Crippen molar-refractivity contribution >= 4 is 12.1 Å². The molecule has 1 aliphatic carbocycles. The van der Waals surface area contributed by atoms with Gasteiger partial charge in [0.25, 0.3) is 0 Å². The predicted octanol–water partition coefficient (Wildman–Crippen LogP) is 6.47. The minimum atomic E-state index is -4.50. The first-order chi connectivity index (χ1) is 18.8. The highest BCUT2D eigenvalue weighted by Gasteiger charge is 2.34. The second-order valence-electron chi connectivity index (χ2n) is 11.1. The number of benzene rings is 2. The third-order valence-electron chi connectivity index (χ3n) is 6.41. The van der Waals surface area contributed by atoms with E-state index in [0.29, 0.717) is 24.1 Å². The highest BCUT2D eigenvalue weighted by atomic mass is 19.4. The first kappa shape index (κ1) is 29.0. The van der Waals surface area contributed by atoms with E-state index in [1.165, 1.54) is 12.1 Å². The standard InChI is InChI=1S/C30H32F3N3O4/c1-18-13-24-22(17-23(35-36-24)20-11-8-12-21(16-20)30(31,32)33)26(14-18)39-27(37)25(15-19-9-6-5-7-10-19)34-28(38)40-29(2,3)4/h5-12,16-18,25-26H,13-15H2,1-4H3,(H,34,38)/t18?,25-,26?/m0/s1. The number of esters is 1. The monoisotopic (exact) mass is 555 g/mol. The Morgan fingerprint density at radius 3 is 2.42 bits per heavy atom. The first-order valence-electron chi connectivity index (χ1n) is 13.1. The number of amides is 1. The van der Waals surface area contributed by atoms with E-state index in [4.69, 9.17) is 9.47 Å². The van der Waals surface area contributed by atoms with Crippen LogP contribution >= 0.6 is 0 Å². The topological polar surface area (TPSA) is 90.4 Å². The fourth-order valence-corrected chi connectivity index (χ4v) is 4.60. The van der Waals surface area contributed by atoms with Gasteiger partial charge in [0.15, 0.2) is 0 Å². The van der Waals surface area contributed by atoms with E-state index in [0.717, 1.165) is 17.7 Å². The molecule has 2 aromatic carbocycles. The highest BCUT2D eigenvalue weighted by molar-refractivity contribution is 5.82. The van der Waals surface area contributed by atoms with Gasteiger partial charge in [0.1, 0.15) is 17.7 Å². The zero-order valence-corrected chi connectivity index (χ0v) is 22.8. The Bertz CT molecular complexity index is 1360. The number of carbonyl (C=O) groups is 2. The Morgan fingerprint density at radius 2 is 1.75 bits per heavy atom. The Balaban J connectivity index is 1.61. The molecule has 212 valence electrons. The maximum Gasteiger partial charge on any atom is 0.416 e. The molecule has 1 aliphatic rings. The fourth-order valence-electron chi connectivity index (χ4n) is 4.60. The van der Waals surface area contributed by atoms with Crippen LogP contribution in [-0.4, -0.2) is 33.9 Å². The maximum atomic E-state index is 13.5. The SMILES string of the molecule is CC1Cc2nnc(-c3cccc(C(F)(F)F)c3)cc2C(OC(=O)[C@H](Cc2ccccc2)NC(=O)OC(C)(C)C)C1. The minimum absolute atomic E-state index is 0.116. The number of carbonyl (C=O) groups excluding carboxylic acids is 2. The van der Waals surface area contributed by atoms with Crippen molar-refractivity contribution in [3.63, 3.8) is 0 Å². The summed E-state index contributed by atoms with van der Waals surface area (Å²) in [6.45, 7) is 7.16. The Kier molecular flexibility index (Phi) is 8.46. The van der Waals surface area contributed by atoms with Gasteiger partial charge in [0, 0.05) is 17.5 Å². The number of aromatic nitrogens is 2. The van der Waals surface area contributed by atoms with Crippen molar-refractivity contribution in [2.75, 3.05) is 0 Å². The van der Waals surface area contributed by atoms with Gasteiger partial charge in [-0.2, -0.15) is 23.4 Å². The zero-order valence-electron chi connectivity index (χ0n) is 22.8. The molecule has 2 unspecified atom stereocenters. The molecule has 1 N–H and O–H groups in total. The summed E-state index contributed by atoms with van der Waals surface area (Å²) in [6.07, 6.45) is -4.72. The van der Waals surface area contributed by atoms with E-state index in [1.807, 2.05) is 37.3 Å². The summed E-state index contributed by atoms with van der Waals surface area (Å²) in [6, 6.07) is 14.6. The molecule has 3 aromatic rings.